The minimum absolute atomic E-state index is 0.208. The number of carbonyl (C=O) groups is 1. The van der Waals surface area contributed by atoms with E-state index in [4.69, 9.17) is 15.3 Å². The van der Waals surface area contributed by atoms with Crippen LogP contribution in [0.4, 0.5) is 5.69 Å². The van der Waals surface area contributed by atoms with E-state index in [1.807, 2.05) is 6.92 Å². The highest BCUT2D eigenvalue weighted by atomic mass is 32.2. The van der Waals surface area contributed by atoms with Crippen molar-refractivity contribution < 1.29 is 27.5 Å². The third-order valence-electron chi connectivity index (χ3n) is 6.54. The van der Waals surface area contributed by atoms with Gasteiger partial charge in [0.1, 0.15) is 0 Å². The molecule has 39 heavy (non-hydrogen) atoms. The Hall–Kier alpha value is -3.36. The number of thiazole rings is 1. The van der Waals surface area contributed by atoms with Crippen LogP contribution in [0.2, 0.25) is 0 Å². The van der Waals surface area contributed by atoms with E-state index in [0.717, 1.165) is 49.4 Å². The molecule has 1 saturated carbocycles. The van der Waals surface area contributed by atoms with Crippen molar-refractivity contribution in [2.24, 2.45) is 5.73 Å². The van der Waals surface area contributed by atoms with Gasteiger partial charge in [0.05, 0.1) is 22.4 Å². The molecule has 3 aromatic heterocycles. The second-order valence-electron chi connectivity index (χ2n) is 9.98. The average molecular weight is 575 g/mol. The van der Waals surface area contributed by atoms with Crippen molar-refractivity contribution in [3.8, 4) is 16.5 Å². The van der Waals surface area contributed by atoms with Gasteiger partial charge in [0, 0.05) is 55.3 Å². The van der Waals surface area contributed by atoms with E-state index < -0.39 is 21.5 Å². The molecule has 0 unspecified atom stereocenters. The SMILES string of the molecule is CCOc1c[n+](O[C@@]2(C)CCN(CCc3cc(NS(=O)(=O)C4CC4)ccn3)C2)cc(-c2cnc(C(N)=O)s2)n1. The number of sulfonamides is 1. The van der Waals surface area contributed by atoms with Gasteiger partial charge in [0.25, 0.3) is 18.0 Å². The fourth-order valence-corrected chi connectivity index (χ4v) is 6.56. The maximum atomic E-state index is 12.3. The normalized spacial score (nSPS) is 19.6. The molecule has 2 fully saturated rings. The predicted octanol–water partition coefficient (Wildman–Crippen LogP) is 1.43. The molecule has 12 nitrogen and oxygen atoms in total. The molecule has 1 amide bonds. The van der Waals surface area contributed by atoms with E-state index in [9.17, 15) is 13.2 Å². The van der Waals surface area contributed by atoms with Gasteiger partial charge in [0.2, 0.25) is 16.2 Å². The second-order valence-corrected chi connectivity index (χ2v) is 13.0. The highest BCUT2D eigenvalue weighted by molar-refractivity contribution is 7.93. The smallest absolute Gasteiger partial charge is 0.285 e. The number of hydrogen-bond acceptors (Lipinski definition) is 10. The van der Waals surface area contributed by atoms with Crippen molar-refractivity contribution in [3.63, 3.8) is 0 Å². The van der Waals surface area contributed by atoms with Crippen LogP contribution in [0.1, 0.15) is 48.6 Å². The third-order valence-corrected chi connectivity index (χ3v) is 9.45. The van der Waals surface area contributed by atoms with Crippen molar-refractivity contribution >= 4 is 33.0 Å². The summed E-state index contributed by atoms with van der Waals surface area (Å²) < 4.78 is 34.5. The Morgan fingerprint density at radius 3 is 2.87 bits per heavy atom. The van der Waals surface area contributed by atoms with Gasteiger partial charge in [-0.1, -0.05) is 0 Å². The standard InChI is InChI=1S/C25H31N7O5S2/c1-3-36-22-15-32(14-20(29-22)21-13-28-24(38-21)23(26)33)37-25(2)8-11-31(16-25)10-7-17-12-18(6-9-27-17)30-39(34,35)19-4-5-19/h6,9,12-15,19H,3-5,7-8,10-11,16H2,1-2H3,(H2-,26,27,30,33)/p+1/t25-/m0/s1. The summed E-state index contributed by atoms with van der Waals surface area (Å²) in [4.78, 5) is 33.9. The quantitative estimate of drug-likeness (QED) is 0.306. The zero-order chi connectivity index (χ0) is 27.6. The Morgan fingerprint density at radius 2 is 2.15 bits per heavy atom. The second kappa shape index (κ2) is 11.0. The van der Waals surface area contributed by atoms with E-state index in [0.29, 0.717) is 41.7 Å². The lowest BCUT2D eigenvalue weighted by Crippen LogP contribution is -2.55. The highest BCUT2D eigenvalue weighted by Gasteiger charge is 2.40. The van der Waals surface area contributed by atoms with Crippen LogP contribution in [0.5, 0.6) is 5.88 Å². The van der Waals surface area contributed by atoms with Gasteiger partial charge in [-0.3, -0.25) is 24.2 Å². The van der Waals surface area contributed by atoms with Crippen molar-refractivity contribution in [2.75, 3.05) is 31.0 Å². The number of rotatable bonds is 12. The summed E-state index contributed by atoms with van der Waals surface area (Å²) >= 11 is 1.16. The Bertz CT molecular complexity index is 1460. The van der Waals surface area contributed by atoms with Gasteiger partial charge in [0.15, 0.2) is 16.3 Å². The summed E-state index contributed by atoms with van der Waals surface area (Å²) in [5.74, 6) is -0.192. The molecular formula is C25H32N7O5S2+. The van der Waals surface area contributed by atoms with Crippen LogP contribution in [-0.2, 0) is 16.4 Å². The molecule has 0 bridgehead atoms. The molecule has 0 radical (unpaired) electrons. The van der Waals surface area contributed by atoms with Gasteiger partial charge in [-0.05, 0) is 38.8 Å². The van der Waals surface area contributed by atoms with Crippen LogP contribution in [0, 0.1) is 0 Å². The topological polar surface area (TPSA) is 154 Å². The molecular weight excluding hydrogens is 542 g/mol. The number of nitrogens with two attached hydrogens (primary N) is 1. The van der Waals surface area contributed by atoms with E-state index in [1.165, 1.54) is 0 Å². The molecule has 1 aliphatic heterocycles. The number of carbonyl (C=O) groups excluding carboxylic acids is 1. The maximum Gasteiger partial charge on any atom is 0.285 e. The van der Waals surface area contributed by atoms with Gasteiger partial charge >= 0.3 is 0 Å². The number of amides is 1. The number of primary amides is 1. The average Bonchev–Trinajstić information content (AvgIpc) is 3.52. The summed E-state index contributed by atoms with van der Waals surface area (Å²) in [6, 6.07) is 3.49. The first-order valence-electron chi connectivity index (χ1n) is 12.8. The van der Waals surface area contributed by atoms with Crippen molar-refractivity contribution in [1.29, 1.82) is 0 Å². The molecule has 0 spiro atoms. The van der Waals surface area contributed by atoms with Crippen LogP contribution in [0.15, 0.2) is 36.9 Å². The van der Waals surface area contributed by atoms with Gasteiger partial charge in [-0.25, -0.2) is 18.4 Å². The van der Waals surface area contributed by atoms with Gasteiger partial charge in [-0.15, -0.1) is 11.3 Å². The number of anilines is 1. The Morgan fingerprint density at radius 1 is 1.33 bits per heavy atom. The minimum Gasteiger partial charge on any atom is -0.474 e. The first-order valence-corrected chi connectivity index (χ1v) is 15.2. The van der Waals surface area contributed by atoms with Crippen molar-refractivity contribution in [2.45, 2.75) is 50.4 Å². The molecule has 1 aliphatic carbocycles. The maximum absolute atomic E-state index is 12.3. The third kappa shape index (κ3) is 6.81. The lowest BCUT2D eigenvalue weighted by Gasteiger charge is -2.21. The van der Waals surface area contributed by atoms with Crippen molar-refractivity contribution in [3.05, 3.63) is 47.6 Å². The fraction of sp³-hybridized carbons (Fsp3) is 0.480. The molecule has 0 aromatic carbocycles. The van der Waals surface area contributed by atoms with Crippen LogP contribution < -0.4 is 24.8 Å². The number of pyridine rings is 1. The summed E-state index contributed by atoms with van der Waals surface area (Å²) in [6.07, 6.45) is 9.56. The zero-order valence-electron chi connectivity index (χ0n) is 21.9. The molecule has 3 N–H and O–H groups in total. The zero-order valence-corrected chi connectivity index (χ0v) is 23.5. The molecule has 2 aliphatic rings. The summed E-state index contributed by atoms with van der Waals surface area (Å²) in [7, 11) is -3.31. The fourth-order valence-electron chi connectivity index (χ4n) is 4.46. The number of hydrogen-bond donors (Lipinski definition) is 2. The number of aromatic nitrogens is 4. The number of likely N-dealkylation sites (tertiary alicyclic amines) is 1. The molecule has 1 saturated heterocycles. The lowest BCUT2D eigenvalue weighted by molar-refractivity contribution is -0.906. The summed E-state index contributed by atoms with van der Waals surface area (Å²) in [6.45, 7) is 6.68. The first kappa shape index (κ1) is 27.2. The molecule has 1 atom stereocenters. The van der Waals surface area contributed by atoms with Crippen LogP contribution >= 0.6 is 11.3 Å². The van der Waals surface area contributed by atoms with E-state index in [2.05, 4.69) is 31.5 Å². The van der Waals surface area contributed by atoms with Gasteiger partial charge in [-0.2, -0.15) is 0 Å². The van der Waals surface area contributed by atoms with Crippen LogP contribution in [0.3, 0.4) is 0 Å². The Labute approximate surface area is 231 Å². The molecule has 3 aromatic rings. The lowest BCUT2D eigenvalue weighted by atomic mass is 10.1. The Balaban J connectivity index is 1.22. The summed E-state index contributed by atoms with van der Waals surface area (Å²) in [5.41, 5.74) is 6.84. The van der Waals surface area contributed by atoms with Crippen LogP contribution in [0.25, 0.3) is 10.6 Å². The summed E-state index contributed by atoms with van der Waals surface area (Å²) in [5, 5.41) is -0.0650. The van der Waals surface area contributed by atoms with Gasteiger partial charge < -0.3 is 10.5 Å². The number of nitrogens with one attached hydrogen (secondary N) is 1. The van der Waals surface area contributed by atoms with Crippen molar-refractivity contribution in [1.82, 2.24) is 19.9 Å². The van der Waals surface area contributed by atoms with Crippen LogP contribution in [-0.4, -0.2) is 71.3 Å². The minimum atomic E-state index is -3.31. The number of nitrogens with zero attached hydrogens (tertiary/aromatic N) is 5. The number of ether oxygens (including phenoxy) is 1. The highest BCUT2D eigenvalue weighted by Crippen LogP contribution is 2.30. The Kier molecular flexibility index (Phi) is 7.69. The molecule has 4 heterocycles. The molecule has 208 valence electrons. The van der Waals surface area contributed by atoms with E-state index in [-0.39, 0.29) is 10.3 Å². The first-order chi connectivity index (χ1) is 18.6. The van der Waals surface area contributed by atoms with E-state index >= 15 is 0 Å². The molecule has 14 heteroatoms. The largest absolute Gasteiger partial charge is 0.474 e. The predicted molar refractivity (Wildman–Crippen MR) is 145 cm³/mol. The monoisotopic (exact) mass is 574 g/mol. The van der Waals surface area contributed by atoms with E-state index in [1.54, 1.807) is 41.7 Å². The molecule has 5 rings (SSSR count).